The zero-order valence-electron chi connectivity index (χ0n) is 13.1. The predicted octanol–water partition coefficient (Wildman–Crippen LogP) is 0.666. The molecule has 0 aromatic carbocycles. The second-order valence-electron chi connectivity index (χ2n) is 5.91. The van der Waals surface area contributed by atoms with Gasteiger partial charge in [-0.05, 0) is 19.2 Å². The lowest BCUT2D eigenvalue weighted by molar-refractivity contribution is -0.132. The lowest BCUT2D eigenvalue weighted by Crippen LogP contribution is -2.46. The summed E-state index contributed by atoms with van der Waals surface area (Å²) < 4.78 is 7.52. The van der Waals surface area contributed by atoms with Crippen molar-refractivity contribution in [3.8, 4) is 0 Å². The van der Waals surface area contributed by atoms with Crippen LogP contribution in [0.1, 0.15) is 5.56 Å². The molecule has 1 amide bonds. The van der Waals surface area contributed by atoms with Gasteiger partial charge in [0.1, 0.15) is 0 Å². The molecule has 22 heavy (non-hydrogen) atoms. The van der Waals surface area contributed by atoms with Gasteiger partial charge in [0.2, 0.25) is 5.91 Å². The van der Waals surface area contributed by atoms with Gasteiger partial charge in [-0.15, -0.1) is 0 Å². The molecule has 2 aromatic heterocycles. The molecule has 3 rings (SSSR count). The van der Waals surface area contributed by atoms with E-state index in [1.54, 1.807) is 15.6 Å². The predicted molar refractivity (Wildman–Crippen MR) is 83.8 cm³/mol. The number of likely N-dealkylation sites (N-methyl/N-ethyl adjacent to an activating group) is 2. The van der Waals surface area contributed by atoms with Gasteiger partial charge in [-0.2, -0.15) is 5.10 Å². The number of morpholine rings is 1. The molecule has 1 aliphatic heterocycles. The molecule has 0 spiro atoms. The first kappa shape index (κ1) is 15.0. The number of carbonyl (C=O) groups is 1. The maximum Gasteiger partial charge on any atom is 0.226 e. The van der Waals surface area contributed by atoms with Crippen LogP contribution >= 0.6 is 0 Å². The quantitative estimate of drug-likeness (QED) is 0.833. The summed E-state index contributed by atoms with van der Waals surface area (Å²) in [5, 5.41) is 4.27. The third kappa shape index (κ3) is 3.28. The van der Waals surface area contributed by atoms with Gasteiger partial charge in [0.25, 0.3) is 0 Å². The van der Waals surface area contributed by atoms with Crippen LogP contribution in [0.3, 0.4) is 0 Å². The van der Waals surface area contributed by atoms with Crippen LogP contribution in [-0.4, -0.2) is 71.8 Å². The summed E-state index contributed by atoms with van der Waals surface area (Å²) in [7, 11) is 3.92. The first-order valence-electron chi connectivity index (χ1n) is 7.59. The average molecular weight is 302 g/mol. The van der Waals surface area contributed by atoms with Crippen molar-refractivity contribution in [3.63, 3.8) is 0 Å². The van der Waals surface area contributed by atoms with E-state index in [9.17, 15) is 4.79 Å². The van der Waals surface area contributed by atoms with Crippen molar-refractivity contribution in [3.05, 3.63) is 36.2 Å². The van der Waals surface area contributed by atoms with Crippen molar-refractivity contribution >= 4 is 11.4 Å². The van der Waals surface area contributed by atoms with Crippen LogP contribution in [0.15, 0.2) is 30.6 Å². The van der Waals surface area contributed by atoms with Crippen LogP contribution in [0.25, 0.3) is 5.52 Å². The summed E-state index contributed by atoms with van der Waals surface area (Å²) >= 11 is 0. The molecule has 6 heteroatoms. The van der Waals surface area contributed by atoms with Gasteiger partial charge in [-0.1, -0.05) is 6.07 Å². The maximum absolute atomic E-state index is 12.4. The van der Waals surface area contributed by atoms with Crippen LogP contribution in [0, 0.1) is 0 Å². The summed E-state index contributed by atoms with van der Waals surface area (Å²) in [6, 6.07) is 5.86. The Morgan fingerprint density at radius 3 is 3.18 bits per heavy atom. The SMILES string of the molecule is CN1CCOC(CN(C)C(=O)Cc2cnn3ccccc23)C1. The van der Waals surface area contributed by atoms with Gasteiger partial charge in [0, 0.05) is 38.4 Å². The zero-order valence-corrected chi connectivity index (χ0v) is 13.1. The van der Waals surface area contributed by atoms with Crippen molar-refractivity contribution in [1.29, 1.82) is 0 Å². The minimum Gasteiger partial charge on any atom is -0.374 e. The highest BCUT2D eigenvalue weighted by atomic mass is 16.5. The van der Waals surface area contributed by atoms with Crippen LogP contribution in [0.5, 0.6) is 0 Å². The summed E-state index contributed by atoms with van der Waals surface area (Å²) in [6.07, 6.45) is 4.12. The maximum atomic E-state index is 12.4. The standard InChI is InChI=1S/C16H22N4O2/c1-18-7-8-22-14(11-18)12-19(2)16(21)9-13-10-17-20-6-4-3-5-15(13)20/h3-6,10,14H,7-9,11-12H2,1-2H3. The summed E-state index contributed by atoms with van der Waals surface area (Å²) in [6.45, 7) is 3.19. The number of hydrogen-bond donors (Lipinski definition) is 0. The van der Waals surface area contributed by atoms with E-state index >= 15 is 0 Å². The van der Waals surface area contributed by atoms with E-state index in [1.165, 1.54) is 0 Å². The van der Waals surface area contributed by atoms with Crippen LogP contribution in [0.2, 0.25) is 0 Å². The fourth-order valence-corrected chi connectivity index (χ4v) is 2.81. The number of amides is 1. The highest BCUT2D eigenvalue weighted by Crippen LogP contribution is 2.12. The van der Waals surface area contributed by atoms with Crippen LogP contribution in [0.4, 0.5) is 0 Å². The molecule has 0 bridgehead atoms. The minimum absolute atomic E-state index is 0.0931. The largest absolute Gasteiger partial charge is 0.374 e. The molecule has 3 heterocycles. The molecule has 1 fully saturated rings. The second kappa shape index (κ2) is 6.46. The van der Waals surface area contributed by atoms with E-state index < -0.39 is 0 Å². The number of pyridine rings is 1. The summed E-state index contributed by atoms with van der Waals surface area (Å²) in [5.41, 5.74) is 1.94. The number of aromatic nitrogens is 2. The van der Waals surface area contributed by atoms with Crippen molar-refractivity contribution in [1.82, 2.24) is 19.4 Å². The Hall–Kier alpha value is -1.92. The molecule has 2 aromatic rings. The van der Waals surface area contributed by atoms with E-state index in [4.69, 9.17) is 4.74 Å². The van der Waals surface area contributed by atoms with Crippen LogP contribution in [-0.2, 0) is 16.0 Å². The monoisotopic (exact) mass is 302 g/mol. The average Bonchev–Trinajstić information content (AvgIpc) is 2.90. The molecule has 1 unspecified atom stereocenters. The van der Waals surface area contributed by atoms with Crippen LogP contribution < -0.4 is 0 Å². The minimum atomic E-state index is 0.0931. The smallest absolute Gasteiger partial charge is 0.226 e. The fraction of sp³-hybridized carbons (Fsp3) is 0.500. The molecule has 1 saturated heterocycles. The summed E-state index contributed by atoms with van der Waals surface area (Å²) in [5.74, 6) is 0.0931. The Labute approximate surface area is 130 Å². The Morgan fingerprint density at radius 1 is 1.50 bits per heavy atom. The molecular formula is C16H22N4O2. The molecule has 0 radical (unpaired) electrons. The third-order valence-electron chi connectivity index (χ3n) is 4.09. The van der Waals surface area contributed by atoms with Gasteiger partial charge < -0.3 is 14.5 Å². The normalized spacial score (nSPS) is 19.5. The Bertz CT molecular complexity index is 654. The lowest BCUT2D eigenvalue weighted by Gasteiger charge is -2.32. The van der Waals surface area contributed by atoms with E-state index in [1.807, 2.05) is 31.4 Å². The zero-order chi connectivity index (χ0) is 15.5. The third-order valence-corrected chi connectivity index (χ3v) is 4.09. The van der Waals surface area contributed by atoms with Gasteiger partial charge in [0.05, 0.1) is 30.8 Å². The fourth-order valence-electron chi connectivity index (χ4n) is 2.81. The number of rotatable bonds is 4. The molecule has 1 aliphatic rings. The van der Waals surface area contributed by atoms with Crippen molar-refractivity contribution in [2.24, 2.45) is 0 Å². The second-order valence-corrected chi connectivity index (χ2v) is 5.91. The highest BCUT2D eigenvalue weighted by molar-refractivity contribution is 5.80. The molecule has 6 nitrogen and oxygen atoms in total. The van der Waals surface area contributed by atoms with E-state index in [2.05, 4.69) is 17.0 Å². The molecule has 0 saturated carbocycles. The van der Waals surface area contributed by atoms with Crippen molar-refractivity contribution in [2.45, 2.75) is 12.5 Å². The van der Waals surface area contributed by atoms with Gasteiger partial charge >= 0.3 is 0 Å². The van der Waals surface area contributed by atoms with E-state index in [-0.39, 0.29) is 12.0 Å². The van der Waals surface area contributed by atoms with Gasteiger partial charge in [-0.3, -0.25) is 4.79 Å². The molecule has 0 aliphatic carbocycles. The van der Waals surface area contributed by atoms with E-state index in [0.717, 1.165) is 30.8 Å². The first-order valence-corrected chi connectivity index (χ1v) is 7.59. The number of ether oxygens (including phenoxy) is 1. The summed E-state index contributed by atoms with van der Waals surface area (Å²) in [4.78, 5) is 16.4. The number of hydrogen-bond acceptors (Lipinski definition) is 4. The topological polar surface area (TPSA) is 50.1 Å². The van der Waals surface area contributed by atoms with Gasteiger partial charge in [-0.25, -0.2) is 4.52 Å². The Balaban J connectivity index is 1.61. The Morgan fingerprint density at radius 2 is 2.36 bits per heavy atom. The highest BCUT2D eigenvalue weighted by Gasteiger charge is 2.22. The molecule has 118 valence electrons. The Kier molecular flexibility index (Phi) is 4.40. The van der Waals surface area contributed by atoms with E-state index in [0.29, 0.717) is 13.0 Å². The van der Waals surface area contributed by atoms with Gasteiger partial charge in [0.15, 0.2) is 0 Å². The molecular weight excluding hydrogens is 280 g/mol. The lowest BCUT2D eigenvalue weighted by atomic mass is 10.1. The van der Waals surface area contributed by atoms with Crippen molar-refractivity contribution in [2.75, 3.05) is 40.3 Å². The molecule has 1 atom stereocenters. The van der Waals surface area contributed by atoms with Crippen molar-refractivity contribution < 1.29 is 9.53 Å². The number of nitrogens with zero attached hydrogens (tertiary/aromatic N) is 4. The number of carbonyl (C=O) groups excluding carboxylic acids is 1. The first-order chi connectivity index (χ1) is 10.6. The molecule has 0 N–H and O–H groups in total. The number of fused-ring (bicyclic) bond motifs is 1.